The second kappa shape index (κ2) is 13.1. The first-order valence-corrected chi connectivity index (χ1v) is 10.9. The van der Waals surface area contributed by atoms with E-state index in [4.69, 9.17) is 0 Å². The summed E-state index contributed by atoms with van der Waals surface area (Å²) < 4.78 is 0. The van der Waals surface area contributed by atoms with E-state index in [9.17, 15) is 19.2 Å². The fraction of sp³-hybridized carbons (Fsp3) is 0.417. The molecule has 0 spiro atoms. The second-order valence-electron chi connectivity index (χ2n) is 7.64. The predicted octanol–water partition coefficient (Wildman–Crippen LogP) is 1.09. The Labute approximate surface area is 189 Å². The number of likely N-dealkylation sites (tertiary alicyclic amines) is 1. The highest BCUT2D eigenvalue weighted by atomic mass is 16.2. The highest BCUT2D eigenvalue weighted by Gasteiger charge is 2.37. The molecule has 4 amide bonds. The van der Waals surface area contributed by atoms with Crippen LogP contribution in [0, 0.1) is 0 Å². The van der Waals surface area contributed by atoms with Gasteiger partial charge in [0.15, 0.2) is 0 Å². The smallest absolute Gasteiger partial charge is 0.246 e. The van der Waals surface area contributed by atoms with E-state index in [0.29, 0.717) is 38.8 Å². The van der Waals surface area contributed by atoms with Gasteiger partial charge in [-0.3, -0.25) is 19.2 Å². The molecular formula is C24H32N4O4. The number of carbonyl (C=O) groups excluding carboxylic acids is 4. The minimum Gasteiger partial charge on any atom is -0.351 e. The Kier molecular flexibility index (Phi) is 10.2. The lowest BCUT2D eigenvalue weighted by Crippen LogP contribution is -2.54. The van der Waals surface area contributed by atoms with Crippen LogP contribution in [0.2, 0.25) is 0 Å². The highest BCUT2D eigenvalue weighted by molar-refractivity contribution is 5.94. The molecule has 0 bridgehead atoms. The first-order chi connectivity index (χ1) is 15.5. The normalized spacial score (nSPS) is 16.0. The van der Waals surface area contributed by atoms with Crippen LogP contribution in [0.4, 0.5) is 0 Å². The van der Waals surface area contributed by atoms with E-state index in [-0.39, 0.29) is 36.6 Å². The van der Waals surface area contributed by atoms with Crippen molar-refractivity contribution in [3.63, 3.8) is 0 Å². The maximum Gasteiger partial charge on any atom is 0.246 e. The van der Waals surface area contributed by atoms with Crippen molar-refractivity contribution in [1.82, 2.24) is 20.9 Å². The number of hydrogen-bond donors (Lipinski definition) is 3. The minimum absolute atomic E-state index is 0.170. The maximum absolute atomic E-state index is 13.4. The number of rotatable bonds is 12. The SMILES string of the molecule is C=CCCC(=O)N[C@H](Cc1ccccc1)C(=O)N1CCC[C@H]1C(=O)NCC(=O)NCC=C. The van der Waals surface area contributed by atoms with Crippen molar-refractivity contribution in [3.8, 4) is 0 Å². The van der Waals surface area contributed by atoms with E-state index in [1.54, 1.807) is 12.2 Å². The van der Waals surface area contributed by atoms with E-state index in [2.05, 4.69) is 29.1 Å². The van der Waals surface area contributed by atoms with Crippen molar-refractivity contribution in [2.24, 2.45) is 0 Å². The number of nitrogens with zero attached hydrogens (tertiary/aromatic N) is 1. The van der Waals surface area contributed by atoms with Crippen LogP contribution >= 0.6 is 0 Å². The molecule has 1 fully saturated rings. The van der Waals surface area contributed by atoms with Gasteiger partial charge in [0.05, 0.1) is 6.54 Å². The Morgan fingerprint density at radius 3 is 2.50 bits per heavy atom. The summed E-state index contributed by atoms with van der Waals surface area (Å²) in [4.78, 5) is 51.7. The lowest BCUT2D eigenvalue weighted by Gasteiger charge is -2.29. The molecule has 32 heavy (non-hydrogen) atoms. The largest absolute Gasteiger partial charge is 0.351 e. The Bertz CT molecular complexity index is 825. The summed E-state index contributed by atoms with van der Waals surface area (Å²) in [6.45, 7) is 7.71. The minimum atomic E-state index is -0.779. The lowest BCUT2D eigenvalue weighted by atomic mass is 10.0. The van der Waals surface area contributed by atoms with Gasteiger partial charge in [0.1, 0.15) is 12.1 Å². The van der Waals surface area contributed by atoms with Crippen LogP contribution < -0.4 is 16.0 Å². The summed E-state index contributed by atoms with van der Waals surface area (Å²) >= 11 is 0. The van der Waals surface area contributed by atoms with Crippen molar-refractivity contribution in [3.05, 3.63) is 61.2 Å². The molecule has 0 aliphatic carbocycles. The number of amides is 4. The number of hydrogen-bond acceptors (Lipinski definition) is 4. The molecule has 3 N–H and O–H groups in total. The molecule has 0 aromatic heterocycles. The Balaban J connectivity index is 2.07. The van der Waals surface area contributed by atoms with Crippen molar-refractivity contribution < 1.29 is 19.2 Å². The number of carbonyl (C=O) groups is 4. The molecule has 0 saturated carbocycles. The zero-order valence-corrected chi connectivity index (χ0v) is 18.3. The van der Waals surface area contributed by atoms with Gasteiger partial charge in [0, 0.05) is 25.9 Å². The molecule has 1 aromatic carbocycles. The Hall–Kier alpha value is -3.42. The molecular weight excluding hydrogens is 408 g/mol. The molecule has 1 aromatic rings. The van der Waals surface area contributed by atoms with E-state index < -0.39 is 12.1 Å². The van der Waals surface area contributed by atoms with Crippen LogP contribution in [0.3, 0.4) is 0 Å². The Morgan fingerprint density at radius 2 is 1.81 bits per heavy atom. The summed E-state index contributed by atoms with van der Waals surface area (Å²) in [5.41, 5.74) is 0.911. The molecule has 1 aliphatic heterocycles. The van der Waals surface area contributed by atoms with Crippen LogP contribution in [-0.4, -0.2) is 60.2 Å². The van der Waals surface area contributed by atoms with Gasteiger partial charge in [-0.1, -0.05) is 42.5 Å². The quantitative estimate of drug-likeness (QED) is 0.423. The van der Waals surface area contributed by atoms with E-state index >= 15 is 0 Å². The van der Waals surface area contributed by atoms with Crippen molar-refractivity contribution >= 4 is 23.6 Å². The first kappa shape index (κ1) is 24.8. The van der Waals surface area contributed by atoms with Crippen LogP contribution in [0.1, 0.15) is 31.2 Å². The van der Waals surface area contributed by atoms with Crippen LogP contribution in [-0.2, 0) is 25.6 Å². The third-order valence-electron chi connectivity index (χ3n) is 5.20. The van der Waals surface area contributed by atoms with Gasteiger partial charge in [0.25, 0.3) is 0 Å². The number of nitrogens with one attached hydrogen (secondary N) is 3. The zero-order chi connectivity index (χ0) is 23.3. The van der Waals surface area contributed by atoms with Crippen LogP contribution in [0.25, 0.3) is 0 Å². The molecule has 8 heteroatoms. The monoisotopic (exact) mass is 440 g/mol. The molecule has 0 radical (unpaired) electrons. The molecule has 2 rings (SSSR count). The van der Waals surface area contributed by atoms with Crippen LogP contribution in [0.5, 0.6) is 0 Å². The van der Waals surface area contributed by atoms with Crippen molar-refractivity contribution in [2.75, 3.05) is 19.6 Å². The van der Waals surface area contributed by atoms with Gasteiger partial charge in [-0.25, -0.2) is 0 Å². The number of benzene rings is 1. The number of allylic oxidation sites excluding steroid dienone is 1. The highest BCUT2D eigenvalue weighted by Crippen LogP contribution is 2.20. The topological polar surface area (TPSA) is 108 Å². The summed E-state index contributed by atoms with van der Waals surface area (Å²) in [7, 11) is 0. The maximum atomic E-state index is 13.4. The van der Waals surface area contributed by atoms with Gasteiger partial charge in [0.2, 0.25) is 23.6 Å². The molecule has 0 unspecified atom stereocenters. The summed E-state index contributed by atoms with van der Waals surface area (Å²) in [6.07, 6.45) is 5.47. The van der Waals surface area contributed by atoms with Gasteiger partial charge < -0.3 is 20.9 Å². The average molecular weight is 441 g/mol. The van der Waals surface area contributed by atoms with E-state index in [1.807, 2.05) is 30.3 Å². The fourth-order valence-electron chi connectivity index (χ4n) is 3.59. The van der Waals surface area contributed by atoms with Gasteiger partial charge in [-0.2, -0.15) is 0 Å². The van der Waals surface area contributed by atoms with E-state index in [1.165, 1.54) is 4.90 Å². The zero-order valence-electron chi connectivity index (χ0n) is 18.3. The standard InChI is InChI=1S/C24H32N4O4/c1-3-5-13-21(29)27-19(16-18-10-7-6-8-11-18)24(32)28-15-9-12-20(28)23(31)26-17-22(30)25-14-4-2/h3-4,6-8,10-11,19-20H,1-2,5,9,12-17H2,(H,25,30)(H,26,31)(H,27,29)/t19-,20+/m1/s1. The van der Waals surface area contributed by atoms with Gasteiger partial charge in [-0.15, -0.1) is 13.2 Å². The molecule has 1 aliphatic rings. The lowest BCUT2D eigenvalue weighted by molar-refractivity contribution is -0.141. The molecule has 8 nitrogen and oxygen atoms in total. The molecule has 172 valence electrons. The first-order valence-electron chi connectivity index (χ1n) is 10.9. The average Bonchev–Trinajstić information content (AvgIpc) is 3.29. The second-order valence-corrected chi connectivity index (χ2v) is 7.64. The predicted molar refractivity (Wildman–Crippen MR) is 122 cm³/mol. The third kappa shape index (κ3) is 7.68. The third-order valence-corrected chi connectivity index (χ3v) is 5.20. The van der Waals surface area contributed by atoms with Crippen molar-refractivity contribution in [2.45, 2.75) is 44.2 Å². The Morgan fingerprint density at radius 1 is 1.06 bits per heavy atom. The fourth-order valence-corrected chi connectivity index (χ4v) is 3.59. The summed E-state index contributed by atoms with van der Waals surface area (Å²) in [5.74, 6) is -1.24. The van der Waals surface area contributed by atoms with Crippen LogP contribution in [0.15, 0.2) is 55.6 Å². The molecule has 2 atom stereocenters. The molecule has 1 heterocycles. The van der Waals surface area contributed by atoms with Crippen molar-refractivity contribution in [1.29, 1.82) is 0 Å². The summed E-state index contributed by atoms with van der Waals surface area (Å²) in [6, 6.07) is 7.98. The van der Waals surface area contributed by atoms with E-state index in [0.717, 1.165) is 5.56 Å². The molecule has 1 saturated heterocycles. The summed E-state index contributed by atoms with van der Waals surface area (Å²) in [5, 5.41) is 8.01. The van der Waals surface area contributed by atoms with Gasteiger partial charge in [-0.05, 0) is 24.8 Å². The van der Waals surface area contributed by atoms with Gasteiger partial charge >= 0.3 is 0 Å².